The van der Waals surface area contributed by atoms with E-state index in [0.29, 0.717) is 12.4 Å². The van der Waals surface area contributed by atoms with Crippen molar-refractivity contribution in [1.82, 2.24) is 0 Å². The summed E-state index contributed by atoms with van der Waals surface area (Å²) in [6.07, 6.45) is -4.72. The van der Waals surface area contributed by atoms with E-state index in [-0.39, 0.29) is 10.2 Å². The molecule has 0 amide bonds. The summed E-state index contributed by atoms with van der Waals surface area (Å²) in [5.74, 6) is 0.152. The number of rotatable bonds is 4. The van der Waals surface area contributed by atoms with Gasteiger partial charge in [-0.1, -0.05) is 12.1 Å². The van der Waals surface area contributed by atoms with Crippen LogP contribution < -0.4 is 9.47 Å². The first-order chi connectivity index (χ1) is 9.83. The van der Waals surface area contributed by atoms with Crippen LogP contribution in [0.5, 0.6) is 11.5 Å². The van der Waals surface area contributed by atoms with Crippen molar-refractivity contribution >= 4 is 38.5 Å². The molecule has 0 aliphatic carbocycles. The van der Waals surface area contributed by atoms with Crippen LogP contribution in [0.3, 0.4) is 0 Å². The SMILES string of the molecule is FC(F)(F)Oc1ccc(OCc2ccc(I)cc2)cc1Br. The number of ether oxygens (including phenoxy) is 2. The van der Waals surface area contributed by atoms with Crippen molar-refractivity contribution < 1.29 is 22.6 Å². The van der Waals surface area contributed by atoms with Gasteiger partial charge in [-0.15, -0.1) is 13.2 Å². The lowest BCUT2D eigenvalue weighted by atomic mass is 10.2. The third kappa shape index (κ3) is 5.39. The Morgan fingerprint density at radius 2 is 1.71 bits per heavy atom. The Labute approximate surface area is 141 Å². The Bertz CT molecular complexity index is 615. The Morgan fingerprint density at radius 1 is 1.05 bits per heavy atom. The first-order valence-electron chi connectivity index (χ1n) is 5.76. The molecule has 0 saturated carbocycles. The second-order valence-electron chi connectivity index (χ2n) is 4.06. The number of hydrogen-bond acceptors (Lipinski definition) is 2. The summed E-state index contributed by atoms with van der Waals surface area (Å²) >= 11 is 5.23. The van der Waals surface area contributed by atoms with Gasteiger partial charge in [-0.05, 0) is 74.4 Å². The van der Waals surface area contributed by atoms with E-state index in [1.54, 1.807) is 0 Å². The largest absolute Gasteiger partial charge is 0.573 e. The fraction of sp³-hybridized carbons (Fsp3) is 0.143. The average molecular weight is 473 g/mol. The van der Waals surface area contributed by atoms with Crippen LogP contribution >= 0.6 is 38.5 Å². The van der Waals surface area contributed by atoms with Crippen molar-refractivity contribution in [2.75, 3.05) is 0 Å². The fourth-order valence-electron chi connectivity index (χ4n) is 1.53. The van der Waals surface area contributed by atoms with Crippen molar-refractivity contribution in [3.8, 4) is 11.5 Å². The van der Waals surface area contributed by atoms with Crippen molar-refractivity contribution in [3.05, 3.63) is 56.1 Å². The molecule has 0 aliphatic heterocycles. The van der Waals surface area contributed by atoms with Crippen molar-refractivity contribution in [2.24, 2.45) is 0 Å². The molecule has 112 valence electrons. The molecule has 0 heterocycles. The quantitative estimate of drug-likeness (QED) is 0.544. The van der Waals surface area contributed by atoms with Crippen LogP contribution in [0.15, 0.2) is 46.9 Å². The molecule has 0 atom stereocenters. The van der Waals surface area contributed by atoms with Gasteiger partial charge in [0.05, 0.1) is 4.47 Å². The van der Waals surface area contributed by atoms with Crippen molar-refractivity contribution in [2.45, 2.75) is 13.0 Å². The normalized spacial score (nSPS) is 11.3. The summed E-state index contributed by atoms with van der Waals surface area (Å²) in [5.41, 5.74) is 0.974. The minimum atomic E-state index is -4.72. The fourth-order valence-corrected chi connectivity index (χ4v) is 2.32. The third-order valence-corrected chi connectivity index (χ3v) is 3.79. The van der Waals surface area contributed by atoms with E-state index in [0.717, 1.165) is 9.13 Å². The van der Waals surface area contributed by atoms with Gasteiger partial charge in [0, 0.05) is 3.57 Å². The van der Waals surface area contributed by atoms with E-state index in [1.165, 1.54) is 18.2 Å². The molecule has 2 nitrogen and oxygen atoms in total. The molecular formula is C14H9BrF3IO2. The molecule has 21 heavy (non-hydrogen) atoms. The molecule has 0 radical (unpaired) electrons. The van der Waals surface area contributed by atoms with Crippen molar-refractivity contribution in [3.63, 3.8) is 0 Å². The zero-order valence-corrected chi connectivity index (χ0v) is 14.2. The number of benzene rings is 2. The summed E-state index contributed by atoms with van der Waals surface area (Å²) in [6.45, 7) is 0.336. The smallest absolute Gasteiger partial charge is 0.489 e. The van der Waals surface area contributed by atoms with E-state index in [4.69, 9.17) is 4.74 Å². The zero-order valence-electron chi connectivity index (χ0n) is 10.5. The highest BCUT2D eigenvalue weighted by Gasteiger charge is 2.31. The van der Waals surface area contributed by atoms with E-state index >= 15 is 0 Å². The monoisotopic (exact) mass is 472 g/mol. The van der Waals surface area contributed by atoms with E-state index < -0.39 is 6.36 Å². The highest BCUT2D eigenvalue weighted by atomic mass is 127. The van der Waals surface area contributed by atoms with Crippen molar-refractivity contribution in [1.29, 1.82) is 0 Å². The first kappa shape index (κ1) is 16.4. The molecule has 0 aromatic heterocycles. The summed E-state index contributed by atoms with van der Waals surface area (Å²) in [5, 5.41) is 0. The molecule has 0 spiro atoms. The summed E-state index contributed by atoms with van der Waals surface area (Å²) < 4.78 is 47.1. The minimum absolute atomic E-state index is 0.180. The molecule has 0 fully saturated rings. The molecule has 2 aromatic rings. The third-order valence-electron chi connectivity index (χ3n) is 2.45. The Balaban J connectivity index is 2.01. The molecule has 2 rings (SSSR count). The lowest BCUT2D eigenvalue weighted by Gasteiger charge is -2.12. The van der Waals surface area contributed by atoms with Gasteiger partial charge in [0.15, 0.2) is 0 Å². The van der Waals surface area contributed by atoms with Crippen LogP contribution in [-0.4, -0.2) is 6.36 Å². The second kappa shape index (κ2) is 6.87. The number of halogens is 5. The first-order valence-corrected chi connectivity index (χ1v) is 7.63. The van der Waals surface area contributed by atoms with Crippen LogP contribution in [0, 0.1) is 3.57 Å². The predicted octanol–water partition coefficient (Wildman–Crippen LogP) is 5.53. The Hall–Kier alpha value is -0.960. The van der Waals surface area contributed by atoms with Crippen LogP contribution in [-0.2, 0) is 6.61 Å². The second-order valence-corrected chi connectivity index (χ2v) is 6.16. The molecule has 0 N–H and O–H groups in total. The summed E-state index contributed by atoms with van der Waals surface area (Å²) in [7, 11) is 0. The van der Waals surface area contributed by atoms with E-state index in [1.807, 2.05) is 24.3 Å². The molecule has 0 aliphatic rings. The van der Waals surface area contributed by atoms with Gasteiger partial charge < -0.3 is 9.47 Å². The maximum Gasteiger partial charge on any atom is 0.573 e. The standard InChI is InChI=1S/C14H9BrF3IO2/c15-12-7-11(5-6-13(12)21-14(16,17)18)20-8-9-1-3-10(19)4-2-9/h1-7H,8H2. The van der Waals surface area contributed by atoms with Crippen LogP contribution in [0.2, 0.25) is 0 Å². The van der Waals surface area contributed by atoms with E-state index in [2.05, 4.69) is 43.3 Å². The highest BCUT2D eigenvalue weighted by molar-refractivity contribution is 14.1. The average Bonchev–Trinajstić information content (AvgIpc) is 2.40. The molecule has 0 bridgehead atoms. The van der Waals surface area contributed by atoms with Crippen LogP contribution in [0.25, 0.3) is 0 Å². The van der Waals surface area contributed by atoms with Gasteiger partial charge in [-0.25, -0.2) is 0 Å². The molecule has 0 saturated heterocycles. The molecule has 2 aromatic carbocycles. The molecule has 7 heteroatoms. The van der Waals surface area contributed by atoms with Gasteiger partial charge in [0.1, 0.15) is 18.1 Å². The maximum absolute atomic E-state index is 12.1. The Morgan fingerprint density at radius 3 is 2.29 bits per heavy atom. The number of hydrogen-bond donors (Lipinski definition) is 0. The summed E-state index contributed by atoms with van der Waals surface area (Å²) in [4.78, 5) is 0. The van der Waals surface area contributed by atoms with E-state index in [9.17, 15) is 13.2 Å². The topological polar surface area (TPSA) is 18.5 Å². The number of alkyl halides is 3. The van der Waals surface area contributed by atoms with Gasteiger partial charge in [0.25, 0.3) is 0 Å². The zero-order chi connectivity index (χ0) is 15.5. The molecular weight excluding hydrogens is 464 g/mol. The van der Waals surface area contributed by atoms with Gasteiger partial charge in [-0.3, -0.25) is 0 Å². The van der Waals surface area contributed by atoms with Crippen LogP contribution in [0.4, 0.5) is 13.2 Å². The maximum atomic E-state index is 12.1. The summed E-state index contributed by atoms with van der Waals surface area (Å²) in [6, 6.07) is 11.8. The van der Waals surface area contributed by atoms with Crippen LogP contribution in [0.1, 0.15) is 5.56 Å². The lowest BCUT2D eigenvalue weighted by Crippen LogP contribution is -2.17. The molecule has 0 unspecified atom stereocenters. The van der Waals surface area contributed by atoms with Gasteiger partial charge in [-0.2, -0.15) is 0 Å². The predicted molar refractivity (Wildman–Crippen MR) is 84.3 cm³/mol. The van der Waals surface area contributed by atoms with Gasteiger partial charge >= 0.3 is 6.36 Å². The lowest BCUT2D eigenvalue weighted by molar-refractivity contribution is -0.274. The van der Waals surface area contributed by atoms with Gasteiger partial charge in [0.2, 0.25) is 0 Å². The Kier molecular flexibility index (Phi) is 5.37. The highest BCUT2D eigenvalue weighted by Crippen LogP contribution is 2.33. The minimum Gasteiger partial charge on any atom is -0.489 e.